The zero-order valence-electron chi connectivity index (χ0n) is 16.5. The van der Waals surface area contributed by atoms with Gasteiger partial charge in [0.05, 0.1) is 4.90 Å². The minimum Gasteiger partial charge on any atom is -0.480 e. The molecule has 4 N–H and O–H groups in total. The number of alkyl halides is 2. The van der Waals surface area contributed by atoms with E-state index in [4.69, 9.17) is 9.79 Å². The fourth-order valence-corrected chi connectivity index (χ4v) is 4.12. The minimum absolute atomic E-state index is 0.0211. The number of carboxylic acids is 2. The van der Waals surface area contributed by atoms with Crippen molar-refractivity contribution in [3.63, 3.8) is 0 Å². The van der Waals surface area contributed by atoms with Crippen LogP contribution in [0.15, 0.2) is 53.4 Å². The third-order valence-electron chi connectivity index (χ3n) is 4.85. The van der Waals surface area contributed by atoms with Crippen molar-refractivity contribution in [2.45, 2.75) is 23.4 Å². The van der Waals surface area contributed by atoms with E-state index in [9.17, 15) is 41.6 Å². The molecule has 0 saturated heterocycles. The molecule has 9 nitrogen and oxygen atoms in total. The molecule has 0 aromatic heterocycles. The van der Waals surface area contributed by atoms with Gasteiger partial charge in [-0.2, -0.15) is 8.78 Å². The Hall–Kier alpha value is -2.66. The molecule has 0 aliphatic rings. The number of carboxylic acid groups (broad SMARTS) is 2. The maximum absolute atomic E-state index is 13.8. The molecule has 32 heavy (non-hydrogen) atoms. The Morgan fingerprint density at radius 3 is 1.56 bits per heavy atom. The lowest BCUT2D eigenvalue weighted by Crippen LogP contribution is -2.43. The molecule has 0 heterocycles. The normalized spacial score (nSPS) is 13.0. The number of carbonyl (C=O) groups is 2. The average molecular weight is 492 g/mol. The van der Waals surface area contributed by atoms with Crippen molar-refractivity contribution in [3.05, 3.63) is 65.2 Å². The van der Waals surface area contributed by atoms with Crippen molar-refractivity contribution < 1.29 is 51.4 Å². The van der Waals surface area contributed by atoms with Crippen LogP contribution in [0.4, 0.5) is 8.78 Å². The molecular formula is C19H19F2O9PS. The van der Waals surface area contributed by atoms with Crippen LogP contribution in [0.1, 0.15) is 16.7 Å². The van der Waals surface area contributed by atoms with Crippen LogP contribution < -0.4 is 0 Å². The molecule has 0 atom stereocenters. The third-order valence-corrected chi connectivity index (χ3v) is 6.97. The van der Waals surface area contributed by atoms with Crippen molar-refractivity contribution >= 4 is 29.4 Å². The molecular weight excluding hydrogens is 473 g/mol. The molecule has 0 fully saturated rings. The SMILES string of the molecule is CS(=O)(=O)c1ccc(CC(Cc2ccc(C(F)(F)P(=O)(O)O)cc2)(C(=O)O)C(=O)O)cc1. The van der Waals surface area contributed by atoms with E-state index in [1.54, 1.807) is 0 Å². The minimum atomic E-state index is -5.80. The van der Waals surface area contributed by atoms with Gasteiger partial charge in [0.25, 0.3) is 0 Å². The monoisotopic (exact) mass is 492 g/mol. The lowest BCUT2D eigenvalue weighted by Gasteiger charge is -2.25. The van der Waals surface area contributed by atoms with Crippen molar-refractivity contribution in [2.24, 2.45) is 5.41 Å². The van der Waals surface area contributed by atoms with E-state index in [1.165, 1.54) is 24.3 Å². The molecule has 0 aliphatic heterocycles. The highest BCUT2D eigenvalue weighted by Crippen LogP contribution is 2.59. The fraction of sp³-hybridized carbons (Fsp3) is 0.263. The maximum atomic E-state index is 13.8. The Balaban J connectivity index is 2.41. The van der Waals surface area contributed by atoms with Gasteiger partial charge in [-0.05, 0) is 36.1 Å². The van der Waals surface area contributed by atoms with Gasteiger partial charge in [-0.25, -0.2) is 8.42 Å². The molecule has 13 heteroatoms. The molecule has 0 spiro atoms. The lowest BCUT2D eigenvalue weighted by atomic mass is 9.76. The van der Waals surface area contributed by atoms with Crippen LogP contribution in [-0.4, -0.2) is 46.6 Å². The van der Waals surface area contributed by atoms with Crippen LogP contribution in [0, 0.1) is 5.41 Å². The Labute approximate surface area is 181 Å². The Morgan fingerprint density at radius 1 is 0.875 bits per heavy atom. The van der Waals surface area contributed by atoms with E-state index in [0.29, 0.717) is 12.1 Å². The van der Waals surface area contributed by atoms with Crippen molar-refractivity contribution in [1.29, 1.82) is 0 Å². The maximum Gasteiger partial charge on any atom is 0.399 e. The molecule has 0 aliphatic carbocycles. The standard InChI is InChI=1S/C19H19F2O9PS/c1-32(29,30)15-8-4-13(5-9-15)11-18(16(22)23,17(24)25)10-12-2-6-14(7-3-12)19(20,21)31(26,27)28/h2-9H,10-11H2,1H3,(H,22,23)(H,24,25)(H2,26,27,28). The first-order valence-electron chi connectivity index (χ1n) is 8.79. The fourth-order valence-electron chi connectivity index (χ4n) is 3.00. The van der Waals surface area contributed by atoms with E-state index in [0.717, 1.165) is 18.4 Å². The average Bonchev–Trinajstić information content (AvgIpc) is 2.66. The topological polar surface area (TPSA) is 166 Å². The highest BCUT2D eigenvalue weighted by atomic mass is 32.2. The van der Waals surface area contributed by atoms with E-state index in [2.05, 4.69) is 0 Å². The van der Waals surface area contributed by atoms with Crippen molar-refractivity contribution in [3.8, 4) is 0 Å². The lowest BCUT2D eigenvalue weighted by molar-refractivity contribution is -0.164. The van der Waals surface area contributed by atoms with Crippen LogP contribution in [-0.2, 0) is 42.5 Å². The van der Waals surface area contributed by atoms with Crippen LogP contribution in [0.2, 0.25) is 0 Å². The zero-order valence-corrected chi connectivity index (χ0v) is 18.2. The number of rotatable bonds is 9. The summed E-state index contributed by atoms with van der Waals surface area (Å²) in [6.45, 7) is 0. The molecule has 2 aromatic rings. The number of sulfone groups is 1. The highest BCUT2D eigenvalue weighted by molar-refractivity contribution is 7.90. The summed E-state index contributed by atoms with van der Waals surface area (Å²) >= 11 is 0. The Bertz CT molecular complexity index is 1160. The predicted octanol–water partition coefficient (Wildman–Crippen LogP) is 2.26. The summed E-state index contributed by atoms with van der Waals surface area (Å²) in [4.78, 5) is 41.5. The van der Waals surface area contributed by atoms with E-state index >= 15 is 0 Å². The summed E-state index contributed by atoms with van der Waals surface area (Å²) in [6, 6.07) is 8.27. The van der Waals surface area contributed by atoms with Crippen LogP contribution >= 0.6 is 7.60 Å². The predicted molar refractivity (Wildman–Crippen MR) is 107 cm³/mol. The van der Waals surface area contributed by atoms with Gasteiger partial charge in [-0.15, -0.1) is 0 Å². The van der Waals surface area contributed by atoms with Crippen LogP contribution in [0.5, 0.6) is 0 Å². The molecule has 0 amide bonds. The van der Waals surface area contributed by atoms with Crippen LogP contribution in [0.3, 0.4) is 0 Å². The third kappa shape index (κ3) is 5.21. The number of benzene rings is 2. The summed E-state index contributed by atoms with van der Waals surface area (Å²) in [7, 11) is -9.33. The highest BCUT2D eigenvalue weighted by Gasteiger charge is 2.50. The van der Waals surface area contributed by atoms with Gasteiger partial charge in [-0.1, -0.05) is 36.4 Å². The van der Waals surface area contributed by atoms with Gasteiger partial charge in [0, 0.05) is 11.8 Å². The number of halogens is 2. The first kappa shape index (κ1) is 25.6. The van der Waals surface area contributed by atoms with E-state index < -0.39 is 58.9 Å². The molecule has 2 aromatic carbocycles. The second-order valence-electron chi connectivity index (χ2n) is 7.24. The second kappa shape index (κ2) is 8.70. The van der Waals surface area contributed by atoms with E-state index in [1.807, 2.05) is 0 Å². The second-order valence-corrected chi connectivity index (χ2v) is 10.9. The number of aliphatic carboxylic acids is 2. The first-order chi connectivity index (χ1) is 14.5. The smallest absolute Gasteiger partial charge is 0.399 e. The van der Waals surface area contributed by atoms with Gasteiger partial charge >= 0.3 is 25.2 Å². The molecule has 0 unspecified atom stereocenters. The first-order valence-corrected chi connectivity index (χ1v) is 12.3. The summed E-state index contributed by atoms with van der Waals surface area (Å²) in [6.07, 6.45) is -0.199. The summed E-state index contributed by atoms with van der Waals surface area (Å²) in [5, 5.41) is 19.4. The van der Waals surface area contributed by atoms with Gasteiger partial charge in [0.1, 0.15) is 0 Å². The van der Waals surface area contributed by atoms with Gasteiger partial charge in [0.15, 0.2) is 15.3 Å². The summed E-state index contributed by atoms with van der Waals surface area (Å²) in [5.41, 5.74) is -7.66. The van der Waals surface area contributed by atoms with Gasteiger partial charge in [0.2, 0.25) is 0 Å². The molecule has 0 saturated carbocycles. The zero-order chi connectivity index (χ0) is 24.5. The van der Waals surface area contributed by atoms with Crippen LogP contribution in [0.25, 0.3) is 0 Å². The molecule has 2 rings (SSSR count). The number of hydrogen-bond donors (Lipinski definition) is 4. The van der Waals surface area contributed by atoms with E-state index in [-0.39, 0.29) is 16.0 Å². The molecule has 0 radical (unpaired) electrons. The van der Waals surface area contributed by atoms with Gasteiger partial charge in [-0.3, -0.25) is 14.2 Å². The molecule has 174 valence electrons. The van der Waals surface area contributed by atoms with Gasteiger partial charge < -0.3 is 20.0 Å². The quantitative estimate of drug-likeness (QED) is 0.303. The summed E-state index contributed by atoms with van der Waals surface area (Å²) < 4.78 is 61.7. The Morgan fingerprint density at radius 2 is 1.25 bits per heavy atom. The molecule has 0 bridgehead atoms. The summed E-state index contributed by atoms with van der Waals surface area (Å²) in [5.74, 6) is -3.41. The number of hydrogen-bond acceptors (Lipinski definition) is 5. The Kier molecular flexibility index (Phi) is 6.96. The van der Waals surface area contributed by atoms with Crippen molar-refractivity contribution in [2.75, 3.05) is 6.26 Å². The van der Waals surface area contributed by atoms with Crippen molar-refractivity contribution in [1.82, 2.24) is 0 Å². The largest absolute Gasteiger partial charge is 0.480 e.